The monoisotopic (exact) mass is 323 g/mol. The Morgan fingerprint density at radius 3 is 2.36 bits per heavy atom. The van der Waals surface area contributed by atoms with Crippen LogP contribution in [0.25, 0.3) is 0 Å². The van der Waals surface area contributed by atoms with Crippen LogP contribution in [0, 0.1) is 12.3 Å². The van der Waals surface area contributed by atoms with Crippen LogP contribution in [0.5, 0.6) is 0 Å². The van der Waals surface area contributed by atoms with Crippen LogP contribution in [0.2, 0.25) is 0 Å². The van der Waals surface area contributed by atoms with Crippen molar-refractivity contribution in [3.05, 3.63) is 29.1 Å². The molecule has 2 aliphatic rings. The van der Waals surface area contributed by atoms with E-state index in [4.69, 9.17) is 5.14 Å². The Labute approximate surface area is 136 Å². The molecule has 1 aromatic rings. The fourth-order valence-electron chi connectivity index (χ4n) is 3.09. The zero-order valence-electron chi connectivity index (χ0n) is 14.2. The number of nitrogens with two attached hydrogens (primary N) is 1. The van der Waals surface area contributed by atoms with E-state index in [1.54, 1.807) is 0 Å². The molecule has 1 unspecified atom stereocenters. The van der Waals surface area contributed by atoms with Crippen molar-refractivity contribution in [2.75, 3.05) is 13.1 Å². The van der Waals surface area contributed by atoms with Gasteiger partial charge < -0.3 is 5.32 Å². The molecule has 1 aliphatic carbocycles. The van der Waals surface area contributed by atoms with Crippen LogP contribution in [0.15, 0.2) is 12.1 Å². The smallest absolute Gasteiger partial charge is 0.0942 e. The maximum absolute atomic E-state index is 10.4. The zero-order valence-corrected chi connectivity index (χ0v) is 15.1. The average molecular weight is 324 g/mol. The van der Waals surface area contributed by atoms with Crippen LogP contribution < -0.4 is 10.5 Å². The van der Waals surface area contributed by atoms with E-state index in [0.29, 0.717) is 5.41 Å². The zero-order chi connectivity index (χ0) is 16.4. The summed E-state index contributed by atoms with van der Waals surface area (Å²) in [5, 5.41) is 8.50. The van der Waals surface area contributed by atoms with Crippen molar-refractivity contribution in [3.8, 4) is 0 Å². The summed E-state index contributed by atoms with van der Waals surface area (Å²) in [5.41, 5.74) is 4.59. The Bertz CT molecular complexity index is 545. The molecule has 1 atom stereocenters. The second-order valence-electron chi connectivity index (χ2n) is 7.57. The van der Waals surface area contributed by atoms with E-state index < -0.39 is 11.0 Å². The lowest BCUT2D eigenvalue weighted by Crippen LogP contribution is -2.37. The van der Waals surface area contributed by atoms with Crippen LogP contribution in [0.4, 0.5) is 0 Å². The van der Waals surface area contributed by atoms with E-state index >= 15 is 0 Å². The van der Waals surface area contributed by atoms with Gasteiger partial charge in [0.1, 0.15) is 0 Å². The molecular formula is C17H29N3OS. The lowest BCUT2D eigenvalue weighted by atomic mass is 9.77. The third kappa shape index (κ3) is 4.37. The van der Waals surface area contributed by atoms with Gasteiger partial charge in [-0.05, 0) is 83.5 Å². The van der Waals surface area contributed by atoms with Crippen LogP contribution >= 0.6 is 0 Å². The first-order chi connectivity index (χ1) is 10.2. The first-order valence-corrected chi connectivity index (χ1v) is 9.26. The van der Waals surface area contributed by atoms with Crippen LogP contribution in [0.3, 0.4) is 0 Å². The highest BCUT2D eigenvalue weighted by molar-refractivity contribution is 7.84. The average Bonchev–Trinajstić information content (AvgIpc) is 2.75. The number of piperidine rings is 1. The lowest BCUT2D eigenvalue weighted by Gasteiger charge is -2.33. The Kier molecular flexibility index (Phi) is 5.41. The normalized spacial score (nSPS) is 21.0. The quantitative estimate of drug-likeness (QED) is 0.769. The highest BCUT2D eigenvalue weighted by atomic mass is 32.2. The van der Waals surface area contributed by atoms with Crippen LogP contribution in [-0.2, 0) is 23.8 Å². The fraction of sp³-hybridized carbons (Fsp3) is 0.706. The van der Waals surface area contributed by atoms with Gasteiger partial charge in [-0.3, -0.25) is 10.1 Å². The summed E-state index contributed by atoms with van der Waals surface area (Å²) >= 11 is 0. The van der Waals surface area contributed by atoms with Gasteiger partial charge in [-0.1, -0.05) is 6.07 Å². The second-order valence-corrected chi connectivity index (χ2v) is 9.39. The third-order valence-corrected chi connectivity index (χ3v) is 5.79. The van der Waals surface area contributed by atoms with Crippen molar-refractivity contribution in [2.24, 2.45) is 10.6 Å². The largest absolute Gasteiger partial charge is 0.317 e. The van der Waals surface area contributed by atoms with Gasteiger partial charge in [0.05, 0.1) is 15.7 Å². The van der Waals surface area contributed by atoms with E-state index in [1.807, 2.05) is 20.8 Å². The van der Waals surface area contributed by atoms with Gasteiger partial charge in [-0.25, -0.2) is 4.21 Å². The van der Waals surface area contributed by atoms with Crippen molar-refractivity contribution in [1.82, 2.24) is 10.3 Å². The molecule has 1 fully saturated rings. The summed E-state index contributed by atoms with van der Waals surface area (Å²) in [6.07, 6.45) is 5.12. The minimum absolute atomic E-state index is 0.250. The number of aromatic nitrogens is 1. The summed E-state index contributed by atoms with van der Waals surface area (Å²) in [5.74, 6) is 0. The number of nitrogens with one attached hydrogen (secondary N) is 1. The van der Waals surface area contributed by atoms with Crippen LogP contribution in [0.1, 0.15) is 50.6 Å². The number of aryl methyl sites for hydroxylation is 1. The summed E-state index contributed by atoms with van der Waals surface area (Å²) in [6, 6.07) is 4.44. The maximum Gasteiger partial charge on any atom is 0.0942 e. The Morgan fingerprint density at radius 2 is 1.82 bits per heavy atom. The number of pyridine rings is 1. The van der Waals surface area contributed by atoms with Crippen molar-refractivity contribution in [1.29, 1.82) is 0 Å². The molecule has 2 heterocycles. The van der Waals surface area contributed by atoms with E-state index in [-0.39, 0.29) is 4.75 Å². The molecule has 1 saturated heterocycles. The molecule has 22 heavy (non-hydrogen) atoms. The molecule has 1 spiro atoms. The number of nitrogens with zero attached hydrogens (tertiary/aromatic N) is 1. The molecule has 124 valence electrons. The molecule has 4 nitrogen and oxygen atoms in total. The fourth-order valence-corrected chi connectivity index (χ4v) is 3.09. The SMILES string of the molecule is CC(C)(C)S(N)=O.Cc1ccc2c(n1)CC1(CCNCC1)C2. The second kappa shape index (κ2) is 6.77. The van der Waals surface area contributed by atoms with Gasteiger partial charge in [0.25, 0.3) is 0 Å². The first-order valence-electron chi connectivity index (χ1n) is 8.04. The summed E-state index contributed by atoms with van der Waals surface area (Å²) in [7, 11) is -1.18. The van der Waals surface area contributed by atoms with Gasteiger partial charge in [-0.15, -0.1) is 0 Å². The highest BCUT2D eigenvalue weighted by Gasteiger charge is 2.38. The van der Waals surface area contributed by atoms with Crippen LogP contribution in [-0.4, -0.2) is 27.0 Å². The first kappa shape index (κ1) is 17.6. The molecule has 0 radical (unpaired) electrons. The Morgan fingerprint density at radius 1 is 1.23 bits per heavy atom. The molecule has 1 aliphatic heterocycles. The van der Waals surface area contributed by atoms with Crippen molar-refractivity contribution in [3.63, 3.8) is 0 Å². The summed E-state index contributed by atoms with van der Waals surface area (Å²) < 4.78 is 10.1. The molecule has 0 amide bonds. The molecule has 0 aromatic carbocycles. The number of hydrogen-bond acceptors (Lipinski definition) is 3. The van der Waals surface area contributed by atoms with Crippen molar-refractivity contribution >= 4 is 11.0 Å². The molecule has 0 bridgehead atoms. The lowest BCUT2D eigenvalue weighted by molar-refractivity contribution is 0.215. The van der Waals surface area contributed by atoms with Gasteiger partial charge in [0.2, 0.25) is 0 Å². The predicted octanol–water partition coefficient (Wildman–Crippen LogP) is 2.27. The van der Waals surface area contributed by atoms with E-state index in [0.717, 1.165) is 0 Å². The highest BCUT2D eigenvalue weighted by Crippen LogP contribution is 2.42. The standard InChI is InChI=1S/C13H18N2.C4H11NOS/c1-10-2-3-11-8-13(9-12(11)15-10)4-6-14-7-5-13;1-4(2,3)7(5)6/h2-3,14H,4-9H2,1H3;5H2,1-3H3. The van der Waals surface area contributed by atoms with E-state index in [9.17, 15) is 4.21 Å². The maximum atomic E-state index is 10.4. The topological polar surface area (TPSA) is 68.0 Å². The minimum atomic E-state index is -1.18. The Hall–Kier alpha value is -0.780. The van der Waals surface area contributed by atoms with Gasteiger partial charge in [0, 0.05) is 11.4 Å². The van der Waals surface area contributed by atoms with E-state index in [1.165, 1.54) is 55.7 Å². The molecule has 5 heteroatoms. The summed E-state index contributed by atoms with van der Waals surface area (Å²) in [4.78, 5) is 4.68. The van der Waals surface area contributed by atoms with Crippen molar-refractivity contribution in [2.45, 2.75) is 58.1 Å². The molecular weight excluding hydrogens is 294 g/mol. The van der Waals surface area contributed by atoms with Gasteiger partial charge in [-0.2, -0.15) is 0 Å². The van der Waals surface area contributed by atoms with Gasteiger partial charge >= 0.3 is 0 Å². The Balaban J connectivity index is 0.000000217. The number of fused-ring (bicyclic) bond motifs is 1. The third-order valence-electron chi connectivity index (χ3n) is 4.58. The minimum Gasteiger partial charge on any atom is -0.317 e. The van der Waals surface area contributed by atoms with Crippen molar-refractivity contribution < 1.29 is 4.21 Å². The molecule has 3 rings (SSSR count). The number of hydrogen-bond donors (Lipinski definition) is 2. The predicted molar refractivity (Wildman–Crippen MR) is 93.0 cm³/mol. The number of rotatable bonds is 0. The molecule has 1 aromatic heterocycles. The van der Waals surface area contributed by atoms with E-state index in [2.05, 4.69) is 29.4 Å². The molecule has 0 saturated carbocycles. The van der Waals surface area contributed by atoms with Gasteiger partial charge in [0.15, 0.2) is 0 Å². The summed E-state index contributed by atoms with van der Waals surface area (Å²) in [6.45, 7) is 9.98. The molecule has 3 N–H and O–H groups in total.